The quantitative estimate of drug-likeness (QED) is 0.117. The van der Waals surface area contributed by atoms with Crippen LogP contribution in [0.4, 0.5) is 0 Å². The minimum absolute atomic E-state index is 0.0583. The molecule has 34 heavy (non-hydrogen) atoms. The molecule has 0 aromatic rings. The second-order valence-corrected chi connectivity index (χ2v) is 8.46. The van der Waals surface area contributed by atoms with Crippen molar-refractivity contribution < 1.29 is 75.2 Å². The highest BCUT2D eigenvalue weighted by atomic mass is 16.7. The van der Waals surface area contributed by atoms with Crippen LogP contribution in [0.1, 0.15) is 6.42 Å². The lowest BCUT2D eigenvalue weighted by Gasteiger charge is -2.47. The number of aldehydes is 1. The van der Waals surface area contributed by atoms with Crippen LogP contribution < -0.4 is 0 Å². The lowest BCUT2D eigenvalue weighted by Crippen LogP contribution is -2.64. The van der Waals surface area contributed by atoms with E-state index in [0.717, 1.165) is 0 Å². The van der Waals surface area contributed by atoms with Crippen LogP contribution in [0.5, 0.6) is 0 Å². The number of hydrogen-bond acceptors (Lipinski definition) is 15. The Morgan fingerprint density at radius 1 is 0.882 bits per heavy atom. The number of ether oxygens (including phenoxy) is 3. The van der Waals surface area contributed by atoms with Crippen molar-refractivity contribution >= 4 is 6.29 Å². The molecule has 0 aromatic carbocycles. The van der Waals surface area contributed by atoms with Gasteiger partial charge >= 0.3 is 0 Å². The number of aliphatic hydroxyl groups excluding tert-OH is 11. The molecular weight excluding hydrogens is 468 g/mol. The van der Waals surface area contributed by atoms with Crippen molar-refractivity contribution in [1.82, 2.24) is 0 Å². The van der Waals surface area contributed by atoms with Crippen molar-refractivity contribution in [3.05, 3.63) is 0 Å². The summed E-state index contributed by atoms with van der Waals surface area (Å²) in [7, 11) is 0. The number of rotatable bonds is 11. The molecule has 2 rings (SSSR count). The van der Waals surface area contributed by atoms with E-state index >= 15 is 0 Å². The Labute approximate surface area is 194 Å². The van der Waals surface area contributed by atoms with E-state index in [-0.39, 0.29) is 12.7 Å². The van der Waals surface area contributed by atoms with Crippen molar-refractivity contribution in [2.75, 3.05) is 19.8 Å². The number of hydrogen-bond donors (Lipinski definition) is 11. The smallest absolute Gasteiger partial charge is 0.187 e. The molecule has 0 spiro atoms. The summed E-state index contributed by atoms with van der Waals surface area (Å²) in [4.78, 5) is 10.8. The topological polar surface area (TPSA) is 267 Å². The Balaban J connectivity index is 2.25. The molecule has 1 heterocycles. The Kier molecular flexibility index (Phi) is 11.1. The third-order valence-electron chi connectivity index (χ3n) is 6.17. The fourth-order valence-corrected chi connectivity index (χ4v) is 4.06. The van der Waals surface area contributed by atoms with Crippen molar-refractivity contribution in [2.24, 2.45) is 5.92 Å². The minimum Gasteiger partial charge on any atom is -0.396 e. The van der Waals surface area contributed by atoms with Gasteiger partial charge in [-0.25, -0.2) is 0 Å². The molecule has 1 saturated heterocycles. The summed E-state index contributed by atoms with van der Waals surface area (Å²) in [6.07, 6.45) is -22.8. The van der Waals surface area contributed by atoms with E-state index in [0.29, 0.717) is 0 Å². The molecule has 0 aromatic heterocycles. The SMILES string of the molecule is O=CC(O)C(O)C(OC1OC(CO)C(O)C(OC2CC(CO)C(O)C(O)C2O)C1O)C(O)CO. The third kappa shape index (κ3) is 6.26. The van der Waals surface area contributed by atoms with Gasteiger partial charge in [-0.2, -0.15) is 0 Å². The summed E-state index contributed by atoms with van der Waals surface area (Å²) in [6, 6.07) is 0. The molecule has 14 unspecified atom stereocenters. The van der Waals surface area contributed by atoms with Crippen molar-refractivity contribution in [3.8, 4) is 0 Å². The van der Waals surface area contributed by atoms with E-state index in [1.54, 1.807) is 0 Å². The average Bonchev–Trinajstić information content (AvgIpc) is 2.84. The Bertz CT molecular complexity index is 623. The van der Waals surface area contributed by atoms with Crippen LogP contribution in [-0.2, 0) is 19.0 Å². The molecule has 200 valence electrons. The van der Waals surface area contributed by atoms with Crippen LogP contribution in [0.3, 0.4) is 0 Å². The van der Waals surface area contributed by atoms with Gasteiger partial charge in [0.25, 0.3) is 0 Å². The van der Waals surface area contributed by atoms with Gasteiger partial charge in [0.1, 0.15) is 61.0 Å². The minimum atomic E-state index is -2.07. The van der Waals surface area contributed by atoms with Crippen molar-refractivity contribution in [2.45, 2.75) is 86.0 Å². The summed E-state index contributed by atoms with van der Waals surface area (Å²) in [5, 5.41) is 109. The van der Waals surface area contributed by atoms with Gasteiger partial charge in [0.2, 0.25) is 0 Å². The number of aliphatic hydroxyl groups is 11. The van der Waals surface area contributed by atoms with Crippen LogP contribution >= 0.6 is 0 Å². The summed E-state index contributed by atoms with van der Waals surface area (Å²) in [6.45, 7) is -2.38. The van der Waals surface area contributed by atoms with Gasteiger partial charge in [-0.15, -0.1) is 0 Å². The zero-order chi connectivity index (χ0) is 25.7. The average molecular weight is 502 g/mol. The van der Waals surface area contributed by atoms with Gasteiger partial charge in [0.15, 0.2) is 12.6 Å². The molecule has 15 heteroatoms. The normalized spacial score (nSPS) is 42.6. The number of carbonyl (C=O) groups is 1. The van der Waals surface area contributed by atoms with E-state index in [1.165, 1.54) is 0 Å². The van der Waals surface area contributed by atoms with E-state index < -0.39 is 105 Å². The van der Waals surface area contributed by atoms with Gasteiger partial charge in [0, 0.05) is 12.5 Å². The maximum Gasteiger partial charge on any atom is 0.187 e. The van der Waals surface area contributed by atoms with Gasteiger partial charge < -0.3 is 75.2 Å². The van der Waals surface area contributed by atoms with E-state index in [9.17, 15) is 61.0 Å². The Morgan fingerprint density at radius 2 is 1.53 bits per heavy atom. The van der Waals surface area contributed by atoms with Crippen molar-refractivity contribution in [3.63, 3.8) is 0 Å². The second-order valence-electron chi connectivity index (χ2n) is 8.46. The lowest BCUT2D eigenvalue weighted by atomic mass is 9.81. The molecule has 1 aliphatic heterocycles. The molecule has 2 fully saturated rings. The molecule has 2 aliphatic rings. The molecule has 1 aliphatic carbocycles. The van der Waals surface area contributed by atoms with Crippen molar-refractivity contribution in [1.29, 1.82) is 0 Å². The van der Waals surface area contributed by atoms with Gasteiger partial charge in [-0.05, 0) is 6.42 Å². The molecule has 1 saturated carbocycles. The first-order valence-electron chi connectivity index (χ1n) is 10.7. The first-order chi connectivity index (χ1) is 16.0. The van der Waals surface area contributed by atoms with Gasteiger partial charge in [-0.3, -0.25) is 0 Å². The Hall–Kier alpha value is -0.890. The zero-order valence-electron chi connectivity index (χ0n) is 18.0. The standard InChI is InChI=1S/C19H34O15/c20-2-6-1-9(13(28)15(30)11(6)26)32-18-14(29)10(5-23)33-19(16(18)31)34-17(8(25)4-22)12(27)7(24)3-21/h3,6-20,22-31H,1-2,4-5H2. The van der Waals surface area contributed by atoms with Crippen LogP contribution in [0.25, 0.3) is 0 Å². The summed E-state index contributed by atoms with van der Waals surface area (Å²) in [5.74, 6) is -0.901. The largest absolute Gasteiger partial charge is 0.396 e. The summed E-state index contributed by atoms with van der Waals surface area (Å²) in [5.41, 5.74) is 0. The first kappa shape index (κ1) is 29.3. The van der Waals surface area contributed by atoms with E-state index in [2.05, 4.69) is 0 Å². The first-order valence-corrected chi connectivity index (χ1v) is 10.7. The molecular formula is C19H34O15. The number of carbonyl (C=O) groups excluding carboxylic acids is 1. The summed E-state index contributed by atoms with van der Waals surface area (Å²) < 4.78 is 16.2. The predicted octanol–water partition coefficient (Wildman–Crippen LogP) is -7.07. The Morgan fingerprint density at radius 3 is 2.06 bits per heavy atom. The lowest BCUT2D eigenvalue weighted by molar-refractivity contribution is -0.340. The molecule has 14 atom stereocenters. The van der Waals surface area contributed by atoms with Crippen LogP contribution in [-0.4, -0.2) is 162 Å². The van der Waals surface area contributed by atoms with Crippen LogP contribution in [0, 0.1) is 5.92 Å². The fourth-order valence-electron chi connectivity index (χ4n) is 4.06. The zero-order valence-corrected chi connectivity index (χ0v) is 18.0. The summed E-state index contributed by atoms with van der Waals surface area (Å²) >= 11 is 0. The predicted molar refractivity (Wildman–Crippen MR) is 106 cm³/mol. The molecule has 0 amide bonds. The maximum absolute atomic E-state index is 10.8. The molecule has 15 nitrogen and oxygen atoms in total. The third-order valence-corrected chi connectivity index (χ3v) is 6.17. The second kappa shape index (κ2) is 12.9. The highest BCUT2D eigenvalue weighted by Gasteiger charge is 2.51. The van der Waals surface area contributed by atoms with E-state index in [1.807, 2.05) is 0 Å². The van der Waals surface area contributed by atoms with Gasteiger partial charge in [-0.1, -0.05) is 0 Å². The van der Waals surface area contributed by atoms with E-state index in [4.69, 9.17) is 14.2 Å². The highest BCUT2D eigenvalue weighted by molar-refractivity contribution is 5.56. The van der Waals surface area contributed by atoms with Gasteiger partial charge in [0.05, 0.1) is 25.4 Å². The maximum atomic E-state index is 10.8. The highest BCUT2D eigenvalue weighted by Crippen LogP contribution is 2.33. The van der Waals surface area contributed by atoms with Crippen LogP contribution in [0.2, 0.25) is 0 Å². The van der Waals surface area contributed by atoms with Crippen LogP contribution in [0.15, 0.2) is 0 Å². The molecule has 0 bridgehead atoms. The fraction of sp³-hybridized carbons (Fsp3) is 0.947. The monoisotopic (exact) mass is 502 g/mol. The molecule has 0 radical (unpaired) electrons. The molecule has 11 N–H and O–H groups in total.